The number of nitrogens with zero attached hydrogens (tertiary/aromatic N) is 4. The highest BCUT2D eigenvalue weighted by atomic mass is 19.4. The van der Waals surface area contributed by atoms with Crippen LogP contribution in [0, 0.1) is 6.92 Å². The van der Waals surface area contributed by atoms with E-state index < -0.39 is 18.4 Å². The Morgan fingerprint density at radius 1 is 1.00 bits per heavy atom. The van der Waals surface area contributed by atoms with Crippen molar-refractivity contribution in [1.29, 1.82) is 0 Å². The molecule has 0 fully saturated rings. The summed E-state index contributed by atoms with van der Waals surface area (Å²) in [4.78, 5) is 12.9. The Balaban J connectivity index is 1.74. The fraction of sp³-hybridized carbons (Fsp3) is 0.150. The van der Waals surface area contributed by atoms with Crippen molar-refractivity contribution < 1.29 is 17.6 Å². The lowest BCUT2D eigenvalue weighted by Gasteiger charge is -2.11. The first-order valence-electron chi connectivity index (χ1n) is 8.66. The van der Waals surface area contributed by atoms with Gasteiger partial charge in [-0.25, -0.2) is 14.4 Å². The number of imidazole rings is 1. The highest BCUT2D eigenvalue weighted by Crippen LogP contribution is 2.32. The quantitative estimate of drug-likeness (QED) is 0.468. The molecule has 4 rings (SSSR count). The summed E-state index contributed by atoms with van der Waals surface area (Å²) in [7, 11) is 0. The van der Waals surface area contributed by atoms with Gasteiger partial charge < -0.3 is 5.32 Å². The number of hydrogen-bond donors (Lipinski definition) is 1. The van der Waals surface area contributed by atoms with Gasteiger partial charge in [0.15, 0.2) is 11.6 Å². The summed E-state index contributed by atoms with van der Waals surface area (Å²) in [6, 6.07) is 10.1. The molecule has 0 aliphatic heterocycles. The number of aryl methyl sites for hydroxylation is 1. The van der Waals surface area contributed by atoms with E-state index in [9.17, 15) is 17.6 Å². The number of fused-ring (bicyclic) bond motifs is 1. The predicted octanol–water partition coefficient (Wildman–Crippen LogP) is 5.36. The second kappa shape index (κ2) is 7.16. The maximum atomic E-state index is 13.1. The maximum absolute atomic E-state index is 13.1. The van der Waals surface area contributed by atoms with Crippen LogP contribution in [0.5, 0.6) is 0 Å². The molecule has 0 bridgehead atoms. The molecule has 4 aromatic rings. The van der Waals surface area contributed by atoms with E-state index in [-0.39, 0.29) is 5.52 Å². The van der Waals surface area contributed by atoms with Gasteiger partial charge in [-0.05, 0) is 42.8 Å². The van der Waals surface area contributed by atoms with Crippen LogP contribution >= 0.6 is 0 Å². The fourth-order valence-corrected chi connectivity index (χ4v) is 3.01. The van der Waals surface area contributed by atoms with Crippen LogP contribution in [0.15, 0.2) is 54.9 Å². The molecule has 0 saturated heterocycles. The molecule has 9 heteroatoms. The SMILES string of the molecule is Cc1nc2ccc(C(F)(F)F)cc2n1-c1cncc(Nc2ccc(CF)cc2)n1. The molecule has 0 aliphatic carbocycles. The topological polar surface area (TPSA) is 55.6 Å². The van der Waals surface area contributed by atoms with E-state index in [4.69, 9.17) is 0 Å². The first-order valence-corrected chi connectivity index (χ1v) is 8.66. The molecule has 0 unspecified atom stereocenters. The van der Waals surface area contributed by atoms with E-state index in [1.54, 1.807) is 31.2 Å². The van der Waals surface area contributed by atoms with Crippen molar-refractivity contribution in [2.24, 2.45) is 0 Å². The van der Waals surface area contributed by atoms with E-state index in [0.29, 0.717) is 34.2 Å². The third kappa shape index (κ3) is 3.75. The van der Waals surface area contributed by atoms with Gasteiger partial charge in [0, 0.05) is 5.69 Å². The zero-order chi connectivity index (χ0) is 20.6. The van der Waals surface area contributed by atoms with E-state index in [1.165, 1.54) is 23.0 Å². The summed E-state index contributed by atoms with van der Waals surface area (Å²) in [6.45, 7) is 1.13. The number of rotatable bonds is 4. The lowest BCUT2D eigenvalue weighted by Crippen LogP contribution is -2.06. The van der Waals surface area contributed by atoms with Crippen molar-refractivity contribution in [2.45, 2.75) is 19.8 Å². The normalized spacial score (nSPS) is 11.8. The van der Waals surface area contributed by atoms with E-state index >= 15 is 0 Å². The number of anilines is 2. The predicted molar refractivity (Wildman–Crippen MR) is 101 cm³/mol. The molecule has 0 spiro atoms. The molecular formula is C20H15F4N5. The molecule has 0 radical (unpaired) electrons. The minimum Gasteiger partial charge on any atom is -0.339 e. The van der Waals surface area contributed by atoms with Gasteiger partial charge in [-0.3, -0.25) is 9.55 Å². The number of benzene rings is 2. The van der Waals surface area contributed by atoms with Gasteiger partial charge in [-0.2, -0.15) is 13.2 Å². The van der Waals surface area contributed by atoms with Crippen LogP contribution in [0.2, 0.25) is 0 Å². The summed E-state index contributed by atoms with van der Waals surface area (Å²) in [6.07, 6.45) is -1.52. The lowest BCUT2D eigenvalue weighted by atomic mass is 10.2. The average Bonchev–Trinajstić information content (AvgIpc) is 3.03. The Morgan fingerprint density at radius 2 is 1.76 bits per heavy atom. The highest BCUT2D eigenvalue weighted by Gasteiger charge is 2.31. The first kappa shape index (κ1) is 18.9. The van der Waals surface area contributed by atoms with Crippen LogP contribution in [-0.2, 0) is 12.9 Å². The van der Waals surface area contributed by atoms with Gasteiger partial charge in [0.25, 0.3) is 0 Å². The Morgan fingerprint density at radius 3 is 2.45 bits per heavy atom. The molecule has 0 atom stereocenters. The van der Waals surface area contributed by atoms with Crippen molar-refractivity contribution in [1.82, 2.24) is 19.5 Å². The summed E-state index contributed by atoms with van der Waals surface area (Å²) < 4.78 is 53.5. The molecule has 0 amide bonds. The number of aromatic nitrogens is 4. The highest BCUT2D eigenvalue weighted by molar-refractivity contribution is 5.79. The van der Waals surface area contributed by atoms with Crippen LogP contribution in [-0.4, -0.2) is 19.5 Å². The monoisotopic (exact) mass is 401 g/mol. The van der Waals surface area contributed by atoms with Gasteiger partial charge in [-0.1, -0.05) is 12.1 Å². The van der Waals surface area contributed by atoms with Crippen molar-refractivity contribution >= 4 is 22.5 Å². The van der Waals surface area contributed by atoms with Gasteiger partial charge in [0.2, 0.25) is 0 Å². The van der Waals surface area contributed by atoms with Crippen molar-refractivity contribution in [3.63, 3.8) is 0 Å². The molecule has 2 aromatic heterocycles. The smallest absolute Gasteiger partial charge is 0.339 e. The number of nitrogens with one attached hydrogen (secondary N) is 1. The standard InChI is InChI=1S/C20H15F4N5/c1-12-26-16-7-4-14(20(22,23)24)8-17(16)29(12)19-11-25-10-18(28-19)27-15-5-2-13(9-21)3-6-15/h2-8,10-11H,9H2,1H3,(H,27,28). The summed E-state index contributed by atoms with van der Waals surface area (Å²) in [5.74, 6) is 1.21. The van der Waals surface area contributed by atoms with E-state index in [1.807, 2.05) is 0 Å². The van der Waals surface area contributed by atoms with Crippen LogP contribution in [0.25, 0.3) is 16.9 Å². The average molecular weight is 401 g/mol. The van der Waals surface area contributed by atoms with Crippen molar-refractivity contribution in [2.75, 3.05) is 5.32 Å². The van der Waals surface area contributed by atoms with Crippen molar-refractivity contribution in [3.8, 4) is 5.82 Å². The van der Waals surface area contributed by atoms with Crippen molar-refractivity contribution in [3.05, 3.63) is 71.8 Å². The van der Waals surface area contributed by atoms with E-state index in [2.05, 4.69) is 20.3 Å². The van der Waals surface area contributed by atoms with Crippen LogP contribution in [0.3, 0.4) is 0 Å². The Hall–Kier alpha value is -3.49. The molecule has 0 aliphatic rings. The zero-order valence-corrected chi connectivity index (χ0v) is 15.2. The number of halogens is 4. The van der Waals surface area contributed by atoms with Crippen LogP contribution < -0.4 is 5.32 Å². The summed E-state index contributed by atoms with van der Waals surface area (Å²) in [5.41, 5.74) is 1.19. The Bertz CT molecular complexity index is 1170. The number of alkyl halides is 4. The van der Waals surface area contributed by atoms with Crippen LogP contribution in [0.4, 0.5) is 29.1 Å². The van der Waals surface area contributed by atoms with Crippen LogP contribution in [0.1, 0.15) is 17.0 Å². The molecule has 2 heterocycles. The maximum Gasteiger partial charge on any atom is 0.416 e. The second-order valence-electron chi connectivity index (χ2n) is 6.41. The largest absolute Gasteiger partial charge is 0.416 e. The lowest BCUT2D eigenvalue weighted by molar-refractivity contribution is -0.137. The Labute approximate surface area is 163 Å². The molecule has 148 valence electrons. The van der Waals surface area contributed by atoms with Gasteiger partial charge >= 0.3 is 6.18 Å². The molecule has 5 nitrogen and oxygen atoms in total. The molecule has 29 heavy (non-hydrogen) atoms. The summed E-state index contributed by atoms with van der Waals surface area (Å²) >= 11 is 0. The van der Waals surface area contributed by atoms with Gasteiger partial charge in [0.1, 0.15) is 12.5 Å². The molecule has 1 N–H and O–H groups in total. The zero-order valence-electron chi connectivity index (χ0n) is 15.2. The second-order valence-corrected chi connectivity index (χ2v) is 6.41. The molecular weight excluding hydrogens is 386 g/mol. The molecule has 2 aromatic carbocycles. The molecule has 0 saturated carbocycles. The third-order valence-electron chi connectivity index (χ3n) is 4.38. The minimum atomic E-state index is -4.46. The summed E-state index contributed by atoms with van der Waals surface area (Å²) in [5, 5.41) is 3.05. The minimum absolute atomic E-state index is 0.288. The fourth-order valence-electron chi connectivity index (χ4n) is 3.01. The first-order chi connectivity index (χ1) is 13.8. The van der Waals surface area contributed by atoms with Gasteiger partial charge in [0.05, 0.1) is 29.0 Å². The van der Waals surface area contributed by atoms with Gasteiger partial charge in [-0.15, -0.1) is 0 Å². The Kier molecular flexibility index (Phi) is 4.65. The van der Waals surface area contributed by atoms with E-state index in [0.717, 1.165) is 12.1 Å². The number of hydrogen-bond acceptors (Lipinski definition) is 4. The third-order valence-corrected chi connectivity index (χ3v) is 4.38.